The van der Waals surface area contributed by atoms with Crippen molar-refractivity contribution in [1.82, 2.24) is 0 Å². The van der Waals surface area contributed by atoms with Crippen LogP contribution in [0.25, 0.3) is 0 Å². The largest absolute Gasteiger partial charge is 0.512 e. The first-order valence-electron chi connectivity index (χ1n) is 2.13. The molecule has 9 heavy (non-hydrogen) atoms. The molecular weight excluding hydrogens is 187 g/mol. The summed E-state index contributed by atoms with van der Waals surface area (Å²) < 4.78 is 0. The molecule has 0 saturated heterocycles. The SMILES string of the molecule is [C-]#N.[Y].[c-]1ccccc1. The molecule has 43 valence electrons. The summed E-state index contributed by atoms with van der Waals surface area (Å²) >= 11 is 0. The van der Waals surface area contributed by atoms with Crippen LogP contribution in [0.3, 0.4) is 0 Å². The van der Waals surface area contributed by atoms with E-state index < -0.39 is 0 Å². The van der Waals surface area contributed by atoms with Crippen molar-refractivity contribution < 1.29 is 32.7 Å². The Hall–Kier alpha value is -0.186. The standard InChI is InChI=1S/C6H5.CN.Y/c1-2-4-6-5-3-1;1-2;/h1-5H;;/q2*-1;. The van der Waals surface area contributed by atoms with Crippen molar-refractivity contribution >= 4 is 0 Å². The molecule has 0 amide bonds. The third-order valence-electron chi connectivity index (χ3n) is 0.607. The van der Waals surface area contributed by atoms with Gasteiger partial charge in [-0.1, -0.05) is 0 Å². The van der Waals surface area contributed by atoms with Gasteiger partial charge in [-0.2, -0.15) is 36.4 Å². The third-order valence-corrected chi connectivity index (χ3v) is 0.607. The van der Waals surface area contributed by atoms with Crippen LogP contribution in [-0.2, 0) is 32.7 Å². The van der Waals surface area contributed by atoms with Crippen molar-refractivity contribution in [2.75, 3.05) is 0 Å². The average molecular weight is 192 g/mol. The molecule has 0 bridgehead atoms. The molecule has 0 heterocycles. The fourth-order valence-electron chi connectivity index (χ4n) is 0.342. The summed E-state index contributed by atoms with van der Waals surface area (Å²) in [6.45, 7) is 4.75. The second-order valence-electron chi connectivity index (χ2n) is 1.08. The zero-order valence-corrected chi connectivity index (χ0v) is 7.75. The Balaban J connectivity index is 0. The van der Waals surface area contributed by atoms with Gasteiger partial charge < -0.3 is 11.8 Å². The Morgan fingerprint density at radius 3 is 1.56 bits per heavy atom. The van der Waals surface area contributed by atoms with Crippen molar-refractivity contribution in [3.63, 3.8) is 0 Å². The average Bonchev–Trinajstić information content (AvgIpc) is 1.96. The van der Waals surface area contributed by atoms with Crippen molar-refractivity contribution in [2.45, 2.75) is 0 Å². The van der Waals surface area contributed by atoms with Crippen LogP contribution in [0.4, 0.5) is 0 Å². The van der Waals surface area contributed by atoms with E-state index in [1.807, 2.05) is 30.3 Å². The molecule has 1 rings (SSSR count). The topological polar surface area (TPSA) is 23.8 Å². The molecular formula is C7H5NY-2. The van der Waals surface area contributed by atoms with E-state index >= 15 is 0 Å². The summed E-state index contributed by atoms with van der Waals surface area (Å²) in [6.07, 6.45) is 0. The van der Waals surface area contributed by atoms with Crippen LogP contribution in [0.1, 0.15) is 0 Å². The zero-order chi connectivity index (χ0) is 6.24. The van der Waals surface area contributed by atoms with Gasteiger partial charge in [-0.15, -0.1) is 0 Å². The molecule has 0 aliphatic rings. The fraction of sp³-hybridized carbons (Fsp3) is 0. The first-order chi connectivity index (χ1) is 4.00. The number of rotatable bonds is 0. The summed E-state index contributed by atoms with van der Waals surface area (Å²) in [5, 5.41) is 6.25. The molecule has 1 nitrogen and oxygen atoms in total. The van der Waals surface area contributed by atoms with E-state index in [1.54, 1.807) is 0 Å². The van der Waals surface area contributed by atoms with E-state index in [2.05, 4.69) is 6.07 Å². The number of hydrogen-bond acceptors (Lipinski definition) is 1. The fourth-order valence-corrected chi connectivity index (χ4v) is 0.342. The summed E-state index contributed by atoms with van der Waals surface area (Å²) in [6, 6.07) is 12.5. The smallest absolute Gasteiger partial charge is 0 e. The van der Waals surface area contributed by atoms with E-state index in [-0.39, 0.29) is 32.7 Å². The Bertz CT molecular complexity index is 109. The van der Waals surface area contributed by atoms with Crippen LogP contribution in [0.5, 0.6) is 0 Å². The van der Waals surface area contributed by atoms with Crippen LogP contribution in [0.15, 0.2) is 30.3 Å². The van der Waals surface area contributed by atoms with E-state index in [0.717, 1.165) is 0 Å². The molecule has 2 heteroatoms. The Morgan fingerprint density at radius 2 is 1.44 bits per heavy atom. The van der Waals surface area contributed by atoms with Crippen LogP contribution in [0.2, 0.25) is 0 Å². The molecule has 0 unspecified atom stereocenters. The predicted molar refractivity (Wildman–Crippen MR) is 30.2 cm³/mol. The second-order valence-corrected chi connectivity index (χ2v) is 1.08. The summed E-state index contributed by atoms with van der Waals surface area (Å²) in [5.74, 6) is 0. The molecule has 0 spiro atoms. The summed E-state index contributed by atoms with van der Waals surface area (Å²) in [4.78, 5) is 0. The maximum atomic E-state index is 6.25. The maximum absolute atomic E-state index is 6.25. The third kappa shape index (κ3) is 7.81. The van der Waals surface area contributed by atoms with Crippen LogP contribution in [0, 0.1) is 17.9 Å². The van der Waals surface area contributed by atoms with Crippen molar-refractivity contribution in [3.05, 3.63) is 43.0 Å². The van der Waals surface area contributed by atoms with E-state index in [0.29, 0.717) is 0 Å². The van der Waals surface area contributed by atoms with E-state index in [4.69, 9.17) is 11.8 Å². The molecule has 0 fully saturated rings. The van der Waals surface area contributed by atoms with Gasteiger partial charge in [0.15, 0.2) is 0 Å². The van der Waals surface area contributed by atoms with Gasteiger partial charge in [0.05, 0.1) is 0 Å². The molecule has 0 aromatic heterocycles. The van der Waals surface area contributed by atoms with Crippen molar-refractivity contribution in [1.29, 1.82) is 5.26 Å². The zero-order valence-electron chi connectivity index (χ0n) is 4.91. The van der Waals surface area contributed by atoms with Crippen LogP contribution >= 0.6 is 0 Å². The molecule has 1 aromatic carbocycles. The number of nitrogens with zero attached hydrogens (tertiary/aromatic N) is 1. The predicted octanol–water partition coefficient (Wildman–Crippen LogP) is 1.58. The monoisotopic (exact) mass is 192 g/mol. The molecule has 0 aliphatic heterocycles. The van der Waals surface area contributed by atoms with Gasteiger partial charge in [0, 0.05) is 32.7 Å². The summed E-state index contributed by atoms with van der Waals surface area (Å²) in [5.41, 5.74) is 0. The Labute approximate surface area is 80.6 Å². The Morgan fingerprint density at radius 1 is 1.00 bits per heavy atom. The van der Waals surface area contributed by atoms with E-state index in [9.17, 15) is 0 Å². The van der Waals surface area contributed by atoms with E-state index in [1.165, 1.54) is 0 Å². The second kappa shape index (κ2) is 10.7. The van der Waals surface area contributed by atoms with Gasteiger partial charge in [0.1, 0.15) is 0 Å². The van der Waals surface area contributed by atoms with Gasteiger partial charge in [-0.25, -0.2) is 0 Å². The number of benzene rings is 1. The minimum absolute atomic E-state index is 0. The first kappa shape index (κ1) is 11.6. The van der Waals surface area contributed by atoms with Crippen molar-refractivity contribution in [3.8, 4) is 0 Å². The van der Waals surface area contributed by atoms with Gasteiger partial charge in [-0.3, -0.25) is 0 Å². The minimum atomic E-state index is 0. The quantitative estimate of drug-likeness (QED) is 0.572. The maximum Gasteiger partial charge on any atom is 0 e. The Kier molecular flexibility index (Phi) is 13.8. The molecule has 0 N–H and O–H groups in total. The minimum Gasteiger partial charge on any atom is -0.512 e. The normalized spacial score (nSPS) is 5.56. The first-order valence-corrected chi connectivity index (χ1v) is 2.13. The molecule has 0 atom stereocenters. The molecule has 1 radical (unpaired) electrons. The van der Waals surface area contributed by atoms with Gasteiger partial charge in [0.2, 0.25) is 0 Å². The number of hydrogen-bond donors (Lipinski definition) is 0. The van der Waals surface area contributed by atoms with Gasteiger partial charge in [0.25, 0.3) is 0 Å². The van der Waals surface area contributed by atoms with Crippen LogP contribution in [-0.4, -0.2) is 0 Å². The molecule has 1 aromatic rings. The molecule has 0 saturated carbocycles. The summed E-state index contributed by atoms with van der Waals surface area (Å²) in [7, 11) is 0. The van der Waals surface area contributed by atoms with Gasteiger partial charge >= 0.3 is 0 Å². The van der Waals surface area contributed by atoms with Crippen molar-refractivity contribution in [2.24, 2.45) is 0 Å². The molecule has 0 aliphatic carbocycles. The van der Waals surface area contributed by atoms with Gasteiger partial charge in [-0.05, 0) is 0 Å². The van der Waals surface area contributed by atoms with Crippen LogP contribution < -0.4 is 0 Å².